The highest BCUT2D eigenvalue weighted by atomic mass is 32.2. The van der Waals surface area contributed by atoms with Gasteiger partial charge in [0.15, 0.2) is 11.5 Å². The zero-order valence-electron chi connectivity index (χ0n) is 16.6. The minimum absolute atomic E-state index is 0.145. The molecule has 154 valence electrons. The van der Waals surface area contributed by atoms with Gasteiger partial charge in [-0.15, -0.1) is 0 Å². The number of benzene rings is 3. The zero-order chi connectivity index (χ0) is 21.2. The molecule has 0 atom stereocenters. The lowest BCUT2D eigenvalue weighted by Crippen LogP contribution is -2.12. The van der Waals surface area contributed by atoms with Crippen LogP contribution in [-0.2, 0) is 0 Å². The van der Waals surface area contributed by atoms with Crippen LogP contribution in [0, 0.1) is 6.92 Å². The van der Waals surface area contributed by atoms with Gasteiger partial charge in [0.2, 0.25) is 12.7 Å². The molecule has 0 aliphatic carbocycles. The van der Waals surface area contributed by atoms with Gasteiger partial charge in [0.25, 0.3) is 0 Å². The lowest BCUT2D eigenvalue weighted by Gasteiger charge is -2.10. The molecule has 5 rings (SSSR count). The van der Waals surface area contributed by atoms with Gasteiger partial charge in [-0.05, 0) is 49.4 Å². The summed E-state index contributed by atoms with van der Waals surface area (Å²) < 4.78 is 18.3. The molecule has 3 aromatic carbocycles. The molecule has 0 spiro atoms. The number of ether oxygens (including phenoxy) is 3. The topological polar surface area (TPSA) is 62.6 Å². The summed E-state index contributed by atoms with van der Waals surface area (Å²) in [6, 6.07) is 24.5. The van der Waals surface area contributed by atoms with Gasteiger partial charge in [0, 0.05) is 4.90 Å². The Kier molecular flexibility index (Phi) is 5.09. The number of nitrogens with zero attached hydrogens (tertiary/aromatic N) is 2. The second-order valence-electron chi connectivity index (χ2n) is 6.84. The average molecular weight is 430 g/mol. The second-order valence-corrected chi connectivity index (χ2v) is 7.92. The van der Waals surface area contributed by atoms with E-state index in [4.69, 9.17) is 14.2 Å². The van der Waals surface area contributed by atoms with Crippen molar-refractivity contribution in [3.8, 4) is 23.1 Å². The molecule has 0 N–H and O–H groups in total. The molecule has 0 fully saturated rings. The third kappa shape index (κ3) is 3.87. The third-order valence-electron chi connectivity index (χ3n) is 4.73. The number of carbonyl (C=O) groups excluding carboxylic acids is 1. The van der Waals surface area contributed by atoms with Crippen LogP contribution in [0.3, 0.4) is 0 Å². The highest BCUT2D eigenvalue weighted by molar-refractivity contribution is 7.99. The fourth-order valence-electron chi connectivity index (χ4n) is 3.22. The molecule has 6 nitrogen and oxygen atoms in total. The number of hydrogen-bond acceptors (Lipinski definition) is 6. The Labute approximate surface area is 183 Å². The fourth-order valence-corrected chi connectivity index (χ4v) is 4.15. The van der Waals surface area contributed by atoms with Gasteiger partial charge in [-0.25, -0.2) is 4.79 Å². The van der Waals surface area contributed by atoms with Crippen LogP contribution in [-0.4, -0.2) is 22.5 Å². The van der Waals surface area contributed by atoms with Crippen LogP contribution in [0.1, 0.15) is 16.1 Å². The van der Waals surface area contributed by atoms with Crippen molar-refractivity contribution in [3.63, 3.8) is 0 Å². The molecule has 0 amide bonds. The van der Waals surface area contributed by atoms with E-state index in [2.05, 4.69) is 5.10 Å². The van der Waals surface area contributed by atoms with E-state index in [0.717, 1.165) is 21.2 Å². The van der Waals surface area contributed by atoms with E-state index in [0.29, 0.717) is 22.9 Å². The smallest absolute Gasteiger partial charge is 0.345 e. The maximum absolute atomic E-state index is 13.0. The summed E-state index contributed by atoms with van der Waals surface area (Å²) in [5.41, 5.74) is 1.95. The largest absolute Gasteiger partial charge is 0.454 e. The predicted molar refractivity (Wildman–Crippen MR) is 116 cm³/mol. The summed E-state index contributed by atoms with van der Waals surface area (Å²) in [5, 5.41) is 4.66. The van der Waals surface area contributed by atoms with Crippen LogP contribution in [0.4, 0.5) is 0 Å². The highest BCUT2D eigenvalue weighted by Crippen LogP contribution is 2.39. The van der Waals surface area contributed by atoms with E-state index in [-0.39, 0.29) is 6.79 Å². The number of fused-ring (bicyclic) bond motifs is 1. The van der Waals surface area contributed by atoms with Gasteiger partial charge in [-0.3, -0.25) is 0 Å². The molecule has 2 heterocycles. The summed E-state index contributed by atoms with van der Waals surface area (Å²) in [6.45, 7) is 2.05. The Morgan fingerprint density at radius 1 is 0.968 bits per heavy atom. The van der Waals surface area contributed by atoms with Crippen LogP contribution in [0.2, 0.25) is 0 Å². The normalized spacial score (nSPS) is 12.0. The van der Waals surface area contributed by atoms with Gasteiger partial charge in [-0.2, -0.15) is 9.78 Å². The average Bonchev–Trinajstić information content (AvgIpc) is 3.40. The molecule has 0 unspecified atom stereocenters. The summed E-state index contributed by atoms with van der Waals surface area (Å²) in [4.78, 5) is 14.9. The van der Waals surface area contributed by atoms with Gasteiger partial charge < -0.3 is 14.2 Å². The van der Waals surface area contributed by atoms with Crippen LogP contribution in [0.25, 0.3) is 5.69 Å². The van der Waals surface area contributed by atoms with Gasteiger partial charge in [0.1, 0.15) is 0 Å². The number of para-hydroxylation sites is 1. The van der Waals surface area contributed by atoms with Crippen molar-refractivity contribution < 1.29 is 19.0 Å². The third-order valence-corrected chi connectivity index (χ3v) is 5.91. The molecule has 0 saturated heterocycles. The monoisotopic (exact) mass is 430 g/mol. The number of carbonyl (C=O) groups is 1. The van der Waals surface area contributed by atoms with Crippen molar-refractivity contribution in [1.29, 1.82) is 0 Å². The Balaban J connectivity index is 1.54. The second kappa shape index (κ2) is 8.20. The first-order valence-corrected chi connectivity index (χ1v) is 10.5. The minimum atomic E-state index is -0.495. The van der Waals surface area contributed by atoms with Crippen LogP contribution in [0.5, 0.6) is 17.4 Å². The van der Waals surface area contributed by atoms with E-state index < -0.39 is 5.97 Å². The maximum Gasteiger partial charge on any atom is 0.345 e. The highest BCUT2D eigenvalue weighted by Gasteiger charge is 2.24. The summed E-state index contributed by atoms with van der Waals surface area (Å²) in [6.07, 6.45) is 0. The van der Waals surface area contributed by atoms with Gasteiger partial charge in [0.05, 0.1) is 21.8 Å². The number of aryl methyl sites for hydroxylation is 1. The first-order valence-electron chi connectivity index (χ1n) is 9.69. The predicted octanol–water partition coefficient (Wildman–Crippen LogP) is 5.28. The summed E-state index contributed by atoms with van der Waals surface area (Å²) in [7, 11) is 0. The Hall–Kier alpha value is -3.71. The molecule has 1 aromatic heterocycles. The van der Waals surface area contributed by atoms with E-state index in [9.17, 15) is 4.79 Å². The molecule has 0 saturated carbocycles. The van der Waals surface area contributed by atoms with Crippen molar-refractivity contribution in [2.24, 2.45) is 0 Å². The molecule has 1 aliphatic rings. The minimum Gasteiger partial charge on any atom is -0.454 e. The number of aromatic nitrogens is 2. The summed E-state index contributed by atoms with van der Waals surface area (Å²) in [5.74, 6) is 1.02. The number of hydrogen-bond donors (Lipinski definition) is 0. The van der Waals surface area contributed by atoms with Gasteiger partial charge in [-0.1, -0.05) is 48.2 Å². The van der Waals surface area contributed by atoms with Crippen LogP contribution < -0.4 is 14.2 Å². The Morgan fingerprint density at radius 3 is 2.45 bits per heavy atom. The van der Waals surface area contributed by atoms with Crippen molar-refractivity contribution in [2.45, 2.75) is 16.7 Å². The molecular weight excluding hydrogens is 412 g/mol. The fraction of sp³-hybridized carbons (Fsp3) is 0.0833. The van der Waals surface area contributed by atoms with E-state index >= 15 is 0 Å². The molecule has 4 aromatic rings. The number of rotatable bonds is 5. The Morgan fingerprint density at radius 2 is 1.68 bits per heavy atom. The maximum atomic E-state index is 13.0. The summed E-state index contributed by atoms with van der Waals surface area (Å²) >= 11 is 1.51. The Bertz CT molecular complexity index is 1240. The van der Waals surface area contributed by atoms with Crippen LogP contribution in [0.15, 0.2) is 88.7 Å². The van der Waals surface area contributed by atoms with Crippen molar-refractivity contribution >= 4 is 17.7 Å². The van der Waals surface area contributed by atoms with Crippen molar-refractivity contribution in [3.05, 3.63) is 90.1 Å². The van der Waals surface area contributed by atoms with Crippen molar-refractivity contribution in [1.82, 2.24) is 9.78 Å². The van der Waals surface area contributed by atoms with E-state index in [1.54, 1.807) is 22.9 Å². The van der Waals surface area contributed by atoms with Gasteiger partial charge >= 0.3 is 5.97 Å². The molecule has 31 heavy (non-hydrogen) atoms. The van der Waals surface area contributed by atoms with Crippen molar-refractivity contribution in [2.75, 3.05) is 6.79 Å². The van der Waals surface area contributed by atoms with E-state index in [1.807, 2.05) is 67.6 Å². The standard InChI is InChI=1S/C24H18N2O4S/c1-16-22(31-19-10-6-3-7-11-19)23(26(25-16)18-8-4-2-5-9-18)30-24(27)17-12-13-20-21(14-17)29-15-28-20/h2-14H,15H2,1H3. The quantitative estimate of drug-likeness (QED) is 0.402. The lowest BCUT2D eigenvalue weighted by atomic mass is 10.2. The van der Waals surface area contributed by atoms with Crippen LogP contribution >= 0.6 is 11.8 Å². The molecule has 1 aliphatic heterocycles. The SMILES string of the molecule is Cc1nn(-c2ccccc2)c(OC(=O)c2ccc3c(c2)OCO3)c1Sc1ccccc1. The molecular formula is C24H18N2O4S. The molecule has 0 bridgehead atoms. The first-order chi connectivity index (χ1) is 15.2. The van der Waals surface area contributed by atoms with E-state index in [1.165, 1.54) is 11.8 Å². The lowest BCUT2D eigenvalue weighted by molar-refractivity contribution is 0.0718. The molecule has 7 heteroatoms. The first kappa shape index (κ1) is 19.3. The zero-order valence-corrected chi connectivity index (χ0v) is 17.5. The molecule has 0 radical (unpaired) electrons. The number of esters is 1.